The molecule has 3 rings (SSSR count). The van der Waals surface area contributed by atoms with Crippen LogP contribution in [-0.2, 0) is 17.7 Å². The van der Waals surface area contributed by atoms with Gasteiger partial charge in [0.05, 0.1) is 12.3 Å². The quantitative estimate of drug-likeness (QED) is 0.821. The van der Waals surface area contributed by atoms with Gasteiger partial charge in [0.25, 0.3) is 0 Å². The molecule has 1 aromatic carbocycles. The molecule has 6 heteroatoms. The first-order valence-corrected chi connectivity index (χ1v) is 8.20. The number of halogens is 1. The second-order valence-electron chi connectivity index (χ2n) is 6.30. The molecule has 1 fully saturated rings. The van der Waals surface area contributed by atoms with Gasteiger partial charge in [-0.2, -0.15) is 10.2 Å². The molecule has 0 atom stereocenters. The number of nitrogens with zero attached hydrogens (tertiary/aromatic N) is 4. The smallest absolute Gasteiger partial charge is 0.151 e. The summed E-state index contributed by atoms with van der Waals surface area (Å²) < 4.78 is 15.0. The number of rotatable bonds is 6. The monoisotopic (exact) mass is 318 g/mol. The minimum absolute atomic E-state index is 0.247. The minimum atomic E-state index is -0.247. The van der Waals surface area contributed by atoms with Gasteiger partial charge in [-0.25, -0.2) is 14.1 Å². The fourth-order valence-corrected chi connectivity index (χ4v) is 2.69. The summed E-state index contributed by atoms with van der Waals surface area (Å²) in [4.78, 5) is 10.2. The van der Waals surface area contributed by atoms with E-state index in [-0.39, 0.29) is 5.82 Å². The van der Waals surface area contributed by atoms with Gasteiger partial charge in [0.2, 0.25) is 0 Å². The maximum Gasteiger partial charge on any atom is 0.151 e. The standard InChI is InChI=1S/C17H23FN4O/c1-13(2)12-16-19-17(8-10-21-9-3-11-23-21)22(20-16)15-6-4-14(18)5-7-15/h4-7,13H,3,8-12H2,1-2H3. The summed E-state index contributed by atoms with van der Waals surface area (Å²) in [6.07, 6.45) is 2.66. The third-order valence-electron chi connectivity index (χ3n) is 3.79. The van der Waals surface area contributed by atoms with E-state index in [1.807, 2.05) is 9.75 Å². The van der Waals surface area contributed by atoms with Gasteiger partial charge in [-0.05, 0) is 36.6 Å². The van der Waals surface area contributed by atoms with Crippen molar-refractivity contribution in [3.63, 3.8) is 0 Å². The molecule has 0 unspecified atom stereocenters. The molecule has 5 nitrogen and oxygen atoms in total. The Morgan fingerprint density at radius 2 is 2.04 bits per heavy atom. The molecular weight excluding hydrogens is 295 g/mol. The van der Waals surface area contributed by atoms with Crippen molar-refractivity contribution in [2.75, 3.05) is 19.7 Å². The van der Waals surface area contributed by atoms with E-state index >= 15 is 0 Å². The van der Waals surface area contributed by atoms with Crippen molar-refractivity contribution in [3.8, 4) is 5.69 Å². The first kappa shape index (κ1) is 16.1. The molecule has 1 aliphatic heterocycles. The molecule has 2 aromatic rings. The molecule has 0 saturated carbocycles. The predicted octanol–water partition coefficient (Wildman–Crippen LogP) is 2.78. The van der Waals surface area contributed by atoms with Gasteiger partial charge >= 0.3 is 0 Å². The van der Waals surface area contributed by atoms with Crippen molar-refractivity contribution < 1.29 is 9.23 Å². The van der Waals surface area contributed by atoms with Crippen LogP contribution in [0.3, 0.4) is 0 Å². The van der Waals surface area contributed by atoms with Crippen molar-refractivity contribution in [2.45, 2.75) is 33.1 Å². The summed E-state index contributed by atoms with van der Waals surface area (Å²) in [5.41, 5.74) is 0.839. The topological polar surface area (TPSA) is 43.2 Å². The van der Waals surface area contributed by atoms with E-state index in [2.05, 4.69) is 23.9 Å². The summed E-state index contributed by atoms with van der Waals surface area (Å²) in [5.74, 6) is 1.97. The molecule has 0 amide bonds. The second kappa shape index (κ2) is 7.19. The Labute approximate surface area is 136 Å². The Morgan fingerprint density at radius 3 is 2.70 bits per heavy atom. The van der Waals surface area contributed by atoms with Crippen LogP contribution in [0.15, 0.2) is 24.3 Å². The number of hydroxylamine groups is 2. The third-order valence-corrected chi connectivity index (χ3v) is 3.79. The molecule has 0 aliphatic carbocycles. The Kier molecular flexibility index (Phi) is 5.03. The van der Waals surface area contributed by atoms with Crippen LogP contribution >= 0.6 is 0 Å². The van der Waals surface area contributed by atoms with Gasteiger partial charge in [-0.15, -0.1) is 0 Å². The Balaban J connectivity index is 1.82. The van der Waals surface area contributed by atoms with Gasteiger partial charge in [0.1, 0.15) is 11.6 Å². The molecule has 2 heterocycles. The largest absolute Gasteiger partial charge is 0.299 e. The van der Waals surface area contributed by atoms with Gasteiger partial charge < -0.3 is 0 Å². The van der Waals surface area contributed by atoms with Gasteiger partial charge in [0.15, 0.2) is 5.82 Å². The van der Waals surface area contributed by atoms with Crippen LogP contribution in [-0.4, -0.2) is 39.5 Å². The van der Waals surface area contributed by atoms with Crippen LogP contribution in [0, 0.1) is 11.7 Å². The SMILES string of the molecule is CC(C)Cc1nc(CCN2CCCO2)n(-c2ccc(F)cc2)n1. The van der Waals surface area contributed by atoms with Crippen molar-refractivity contribution in [1.29, 1.82) is 0 Å². The van der Waals surface area contributed by atoms with Crippen LogP contribution < -0.4 is 0 Å². The highest BCUT2D eigenvalue weighted by Crippen LogP contribution is 2.15. The lowest BCUT2D eigenvalue weighted by molar-refractivity contribution is -0.109. The molecule has 0 bridgehead atoms. The predicted molar refractivity (Wildman–Crippen MR) is 85.7 cm³/mol. The van der Waals surface area contributed by atoms with E-state index in [1.54, 1.807) is 12.1 Å². The molecule has 124 valence electrons. The minimum Gasteiger partial charge on any atom is -0.299 e. The summed E-state index contributed by atoms with van der Waals surface area (Å²) in [7, 11) is 0. The normalized spacial score (nSPS) is 15.7. The number of aromatic nitrogens is 3. The number of hydrogen-bond donors (Lipinski definition) is 0. The molecule has 1 aromatic heterocycles. The molecule has 0 spiro atoms. The van der Waals surface area contributed by atoms with E-state index in [9.17, 15) is 4.39 Å². The van der Waals surface area contributed by atoms with E-state index < -0.39 is 0 Å². The summed E-state index contributed by atoms with van der Waals surface area (Å²) in [5, 5.41) is 6.60. The highest BCUT2D eigenvalue weighted by Gasteiger charge is 2.17. The first-order chi connectivity index (χ1) is 11.1. The second-order valence-corrected chi connectivity index (χ2v) is 6.30. The highest BCUT2D eigenvalue weighted by molar-refractivity contribution is 5.32. The lowest BCUT2D eigenvalue weighted by atomic mass is 10.1. The van der Waals surface area contributed by atoms with Crippen LogP contribution in [0.2, 0.25) is 0 Å². The van der Waals surface area contributed by atoms with Crippen molar-refractivity contribution in [2.24, 2.45) is 5.92 Å². The molecule has 0 N–H and O–H groups in total. The maximum absolute atomic E-state index is 13.2. The van der Waals surface area contributed by atoms with E-state index in [1.165, 1.54) is 12.1 Å². The van der Waals surface area contributed by atoms with E-state index in [4.69, 9.17) is 4.84 Å². The Bertz CT molecular complexity index is 633. The summed E-state index contributed by atoms with van der Waals surface area (Å²) >= 11 is 0. The zero-order valence-electron chi connectivity index (χ0n) is 13.7. The van der Waals surface area contributed by atoms with Crippen LogP contribution in [0.1, 0.15) is 31.9 Å². The van der Waals surface area contributed by atoms with Crippen LogP contribution in [0.5, 0.6) is 0 Å². The lowest BCUT2D eigenvalue weighted by Crippen LogP contribution is -2.22. The van der Waals surface area contributed by atoms with Gasteiger partial charge in [-0.3, -0.25) is 4.84 Å². The number of hydrogen-bond acceptors (Lipinski definition) is 4. The van der Waals surface area contributed by atoms with Crippen LogP contribution in [0.25, 0.3) is 5.69 Å². The molecule has 0 radical (unpaired) electrons. The maximum atomic E-state index is 13.2. The molecule has 23 heavy (non-hydrogen) atoms. The fourth-order valence-electron chi connectivity index (χ4n) is 2.69. The summed E-state index contributed by atoms with van der Waals surface area (Å²) in [6, 6.07) is 6.37. The van der Waals surface area contributed by atoms with Gasteiger partial charge in [0, 0.05) is 25.9 Å². The fraction of sp³-hybridized carbons (Fsp3) is 0.529. The highest BCUT2D eigenvalue weighted by atomic mass is 19.1. The zero-order chi connectivity index (χ0) is 16.2. The van der Waals surface area contributed by atoms with Crippen LogP contribution in [0.4, 0.5) is 4.39 Å². The number of benzene rings is 1. The van der Waals surface area contributed by atoms with Crippen molar-refractivity contribution in [3.05, 3.63) is 41.7 Å². The van der Waals surface area contributed by atoms with Gasteiger partial charge in [-0.1, -0.05) is 13.8 Å². The molecule has 1 aliphatic rings. The lowest BCUT2D eigenvalue weighted by Gasteiger charge is -2.13. The molecular formula is C17H23FN4O. The van der Waals surface area contributed by atoms with Crippen molar-refractivity contribution >= 4 is 0 Å². The first-order valence-electron chi connectivity index (χ1n) is 8.20. The van der Waals surface area contributed by atoms with E-state index in [0.717, 1.165) is 56.3 Å². The van der Waals surface area contributed by atoms with Crippen molar-refractivity contribution in [1.82, 2.24) is 19.8 Å². The third kappa shape index (κ3) is 4.14. The summed E-state index contributed by atoms with van der Waals surface area (Å²) in [6.45, 7) is 6.85. The average molecular weight is 318 g/mol. The zero-order valence-corrected chi connectivity index (χ0v) is 13.7. The van der Waals surface area contributed by atoms with E-state index in [0.29, 0.717) is 5.92 Å². The Morgan fingerprint density at radius 1 is 1.26 bits per heavy atom. The average Bonchev–Trinajstić information content (AvgIpc) is 3.15. The molecule has 1 saturated heterocycles. The Hall–Kier alpha value is -1.79.